The van der Waals surface area contributed by atoms with Crippen LogP contribution in [0.2, 0.25) is 0 Å². The quantitative estimate of drug-likeness (QED) is 0.713. The van der Waals surface area contributed by atoms with E-state index in [1.54, 1.807) is 0 Å². The molecule has 18 heavy (non-hydrogen) atoms. The van der Waals surface area contributed by atoms with Gasteiger partial charge in [0, 0.05) is 13.1 Å². The van der Waals surface area contributed by atoms with Crippen LogP contribution >= 0.6 is 0 Å². The molecule has 1 saturated heterocycles. The Morgan fingerprint density at radius 1 is 1.44 bits per heavy atom. The second-order valence-electron chi connectivity index (χ2n) is 5.32. The van der Waals surface area contributed by atoms with Crippen LogP contribution in [-0.4, -0.2) is 44.1 Å². The fourth-order valence-electron chi connectivity index (χ4n) is 2.98. The van der Waals surface area contributed by atoms with Gasteiger partial charge in [-0.15, -0.1) is 5.10 Å². The van der Waals surface area contributed by atoms with E-state index in [9.17, 15) is 4.79 Å². The Morgan fingerprint density at radius 2 is 2.28 bits per heavy atom. The van der Waals surface area contributed by atoms with E-state index in [0.717, 1.165) is 25.9 Å². The number of likely N-dealkylation sites (tertiary alicyclic amines) is 1. The van der Waals surface area contributed by atoms with E-state index in [0.29, 0.717) is 11.8 Å². The number of fused-ring (bicyclic) bond motifs is 1. The van der Waals surface area contributed by atoms with Crippen LogP contribution in [0.25, 0.3) is 0 Å². The summed E-state index contributed by atoms with van der Waals surface area (Å²) in [4.78, 5) is 14.1. The first-order chi connectivity index (χ1) is 8.72. The van der Waals surface area contributed by atoms with E-state index in [4.69, 9.17) is 0 Å². The molecule has 2 aliphatic rings. The van der Waals surface area contributed by atoms with Crippen molar-refractivity contribution in [3.8, 4) is 0 Å². The summed E-state index contributed by atoms with van der Waals surface area (Å²) in [5.74, 6) is 1.41. The van der Waals surface area contributed by atoms with Gasteiger partial charge in [-0.2, -0.15) is 0 Å². The molecule has 0 saturated carbocycles. The van der Waals surface area contributed by atoms with E-state index in [2.05, 4.69) is 28.5 Å². The summed E-state index contributed by atoms with van der Waals surface area (Å²) in [5.41, 5.74) is 1.46. The number of hydrogen-bond donors (Lipinski definition) is 0. The smallest absolute Gasteiger partial charge is 0.244 e. The van der Waals surface area contributed by atoms with Crippen molar-refractivity contribution in [2.75, 3.05) is 13.1 Å². The fraction of sp³-hybridized carbons (Fsp3) is 0.667. The summed E-state index contributed by atoms with van der Waals surface area (Å²) < 4.78 is 1.48. The Hall–Kier alpha value is -1.72. The normalized spacial score (nSPS) is 26.9. The number of hydrogen-bond acceptors (Lipinski definition) is 4. The Kier molecular flexibility index (Phi) is 2.85. The van der Waals surface area contributed by atoms with Crippen molar-refractivity contribution in [1.29, 1.82) is 0 Å². The molecule has 0 aromatic carbocycles. The van der Waals surface area contributed by atoms with Gasteiger partial charge in [-0.1, -0.05) is 11.6 Å². The van der Waals surface area contributed by atoms with Crippen LogP contribution in [0, 0.1) is 11.8 Å². The molecule has 3 rings (SSSR count). The topological polar surface area (TPSA) is 63.9 Å². The molecular weight excluding hydrogens is 230 g/mol. The Labute approximate surface area is 106 Å². The van der Waals surface area contributed by atoms with Crippen molar-refractivity contribution in [2.45, 2.75) is 26.3 Å². The first kappa shape index (κ1) is 11.4. The Bertz CT molecular complexity index is 467. The van der Waals surface area contributed by atoms with Crippen molar-refractivity contribution in [3.63, 3.8) is 0 Å². The van der Waals surface area contributed by atoms with Gasteiger partial charge in [0.15, 0.2) is 0 Å². The number of carbonyl (C=O) groups is 1. The highest BCUT2D eigenvalue weighted by atomic mass is 16.2. The zero-order valence-corrected chi connectivity index (χ0v) is 10.5. The molecule has 0 spiro atoms. The van der Waals surface area contributed by atoms with Gasteiger partial charge in [-0.25, -0.2) is 4.68 Å². The Morgan fingerprint density at radius 3 is 3.06 bits per heavy atom. The molecule has 1 aromatic rings. The number of carbonyl (C=O) groups excluding carboxylic acids is 1. The maximum absolute atomic E-state index is 12.1. The lowest BCUT2D eigenvalue weighted by Gasteiger charge is -2.21. The maximum Gasteiger partial charge on any atom is 0.244 e. The second-order valence-corrected chi connectivity index (χ2v) is 5.32. The molecule has 96 valence electrons. The lowest BCUT2D eigenvalue weighted by atomic mass is 9.83. The van der Waals surface area contributed by atoms with Gasteiger partial charge in [0.25, 0.3) is 0 Å². The molecule has 1 aliphatic heterocycles. The highest BCUT2D eigenvalue weighted by Crippen LogP contribution is 2.35. The van der Waals surface area contributed by atoms with Crippen LogP contribution in [0.15, 0.2) is 18.0 Å². The lowest BCUT2D eigenvalue weighted by Crippen LogP contribution is -2.32. The third kappa shape index (κ3) is 2.14. The van der Waals surface area contributed by atoms with Gasteiger partial charge in [-0.05, 0) is 42.0 Å². The molecular formula is C12H17N5O. The number of aromatic nitrogens is 4. The van der Waals surface area contributed by atoms with Crippen molar-refractivity contribution in [3.05, 3.63) is 18.0 Å². The van der Waals surface area contributed by atoms with Crippen LogP contribution < -0.4 is 0 Å². The maximum atomic E-state index is 12.1. The standard InChI is InChI=1S/C12H17N5O/c1-9-2-3-10-5-16(6-11(10)4-9)12(18)7-17-8-13-14-15-17/h2,8,10-11H,3-7H2,1H3/t10-,11+/m1/s1. The predicted molar refractivity (Wildman–Crippen MR) is 64.4 cm³/mol. The number of amides is 1. The molecule has 1 aliphatic carbocycles. The average Bonchev–Trinajstić information content (AvgIpc) is 2.96. The molecule has 6 nitrogen and oxygen atoms in total. The third-order valence-corrected chi connectivity index (χ3v) is 3.97. The van der Waals surface area contributed by atoms with E-state index in [-0.39, 0.29) is 12.5 Å². The highest BCUT2D eigenvalue weighted by Gasteiger charge is 2.36. The minimum Gasteiger partial charge on any atom is -0.340 e. The number of nitrogens with zero attached hydrogens (tertiary/aromatic N) is 5. The van der Waals surface area contributed by atoms with Gasteiger partial charge >= 0.3 is 0 Å². The molecule has 2 heterocycles. The van der Waals surface area contributed by atoms with Crippen molar-refractivity contribution < 1.29 is 4.79 Å². The minimum atomic E-state index is 0.120. The minimum absolute atomic E-state index is 0.120. The van der Waals surface area contributed by atoms with Gasteiger partial charge < -0.3 is 4.90 Å². The SMILES string of the molecule is CC1=CC[C@@H]2CN(C(=O)Cn3cnnn3)C[C@@H]2C1. The summed E-state index contributed by atoms with van der Waals surface area (Å²) in [6.45, 7) is 4.20. The summed E-state index contributed by atoms with van der Waals surface area (Å²) in [6, 6.07) is 0. The van der Waals surface area contributed by atoms with Gasteiger partial charge in [0.2, 0.25) is 5.91 Å². The summed E-state index contributed by atoms with van der Waals surface area (Å²) in [6.07, 6.45) is 6.05. The largest absolute Gasteiger partial charge is 0.340 e. The van der Waals surface area contributed by atoms with Crippen LogP contribution in [0.1, 0.15) is 19.8 Å². The molecule has 1 aromatic heterocycles. The van der Waals surface area contributed by atoms with Crippen LogP contribution in [0.4, 0.5) is 0 Å². The lowest BCUT2D eigenvalue weighted by molar-refractivity contribution is -0.131. The first-order valence-electron chi connectivity index (χ1n) is 6.36. The second kappa shape index (κ2) is 4.51. The third-order valence-electron chi connectivity index (χ3n) is 3.97. The number of tetrazole rings is 1. The number of rotatable bonds is 2. The zero-order chi connectivity index (χ0) is 12.5. The average molecular weight is 247 g/mol. The molecule has 2 atom stereocenters. The molecule has 1 fully saturated rings. The molecule has 0 unspecified atom stereocenters. The van der Waals surface area contributed by atoms with Crippen molar-refractivity contribution in [2.24, 2.45) is 11.8 Å². The van der Waals surface area contributed by atoms with Crippen molar-refractivity contribution >= 4 is 5.91 Å². The van der Waals surface area contributed by atoms with E-state index in [1.807, 2.05) is 4.90 Å². The van der Waals surface area contributed by atoms with E-state index in [1.165, 1.54) is 16.6 Å². The van der Waals surface area contributed by atoms with E-state index < -0.39 is 0 Å². The summed E-state index contributed by atoms with van der Waals surface area (Å²) in [7, 11) is 0. The van der Waals surface area contributed by atoms with Gasteiger partial charge in [0.05, 0.1) is 0 Å². The summed E-state index contributed by atoms with van der Waals surface area (Å²) in [5, 5.41) is 10.8. The monoisotopic (exact) mass is 247 g/mol. The van der Waals surface area contributed by atoms with Crippen LogP contribution in [-0.2, 0) is 11.3 Å². The number of allylic oxidation sites excluding steroid dienone is 2. The molecule has 1 amide bonds. The zero-order valence-electron chi connectivity index (χ0n) is 10.5. The van der Waals surface area contributed by atoms with Gasteiger partial charge in [0.1, 0.15) is 12.9 Å². The van der Waals surface area contributed by atoms with Crippen molar-refractivity contribution in [1.82, 2.24) is 25.1 Å². The van der Waals surface area contributed by atoms with Crippen LogP contribution in [0.5, 0.6) is 0 Å². The predicted octanol–water partition coefficient (Wildman–Crippen LogP) is 0.488. The summed E-state index contributed by atoms with van der Waals surface area (Å²) >= 11 is 0. The molecule has 0 N–H and O–H groups in total. The highest BCUT2D eigenvalue weighted by molar-refractivity contribution is 5.76. The Balaban J connectivity index is 1.61. The fourth-order valence-corrected chi connectivity index (χ4v) is 2.98. The molecule has 6 heteroatoms. The van der Waals surface area contributed by atoms with Crippen LogP contribution in [0.3, 0.4) is 0 Å². The van der Waals surface area contributed by atoms with Gasteiger partial charge in [-0.3, -0.25) is 4.79 Å². The first-order valence-corrected chi connectivity index (χ1v) is 6.36. The molecule has 0 bridgehead atoms. The molecule has 0 radical (unpaired) electrons. The van der Waals surface area contributed by atoms with E-state index >= 15 is 0 Å².